The molecule has 1 aromatic carbocycles. The van der Waals surface area contributed by atoms with Gasteiger partial charge < -0.3 is 9.47 Å². The van der Waals surface area contributed by atoms with E-state index in [0.29, 0.717) is 19.3 Å². The number of hydrogen-bond donors (Lipinski definition) is 0. The highest BCUT2D eigenvalue weighted by Gasteiger charge is 2.28. The molecular weight excluding hydrogens is 447 g/mol. The fourth-order valence-corrected chi connectivity index (χ4v) is 3.18. The molecule has 0 saturated heterocycles. The van der Waals surface area contributed by atoms with Crippen LogP contribution >= 0.6 is 0 Å². The maximum atomic E-state index is 13.5. The van der Waals surface area contributed by atoms with E-state index in [2.05, 4.69) is 4.74 Å². The van der Waals surface area contributed by atoms with Gasteiger partial charge in [-0.15, -0.1) is 0 Å². The number of benzene rings is 1. The predicted molar refractivity (Wildman–Crippen MR) is 113 cm³/mol. The van der Waals surface area contributed by atoms with E-state index in [4.69, 9.17) is 4.74 Å². The smallest absolute Gasteiger partial charge is 0.311 e. The van der Waals surface area contributed by atoms with Crippen LogP contribution in [0.15, 0.2) is 0 Å². The van der Waals surface area contributed by atoms with E-state index in [-0.39, 0.29) is 12.4 Å². The lowest BCUT2D eigenvalue weighted by atomic mass is 10.1. The van der Waals surface area contributed by atoms with E-state index in [1.165, 1.54) is 0 Å². The average molecular weight is 481 g/mol. The maximum Gasteiger partial charge on any atom is 0.311 e. The number of carbonyl (C=O) groups is 2. The Labute approximate surface area is 191 Å². The molecule has 0 unspecified atom stereocenters. The molecule has 188 valence electrons. The van der Waals surface area contributed by atoms with Crippen molar-refractivity contribution in [3.8, 4) is 5.75 Å². The zero-order valence-electron chi connectivity index (χ0n) is 19.5. The van der Waals surface area contributed by atoms with E-state index in [9.17, 15) is 31.5 Å². The second-order valence-electron chi connectivity index (χ2n) is 9.00. The van der Waals surface area contributed by atoms with E-state index in [0.717, 1.165) is 51.4 Å². The van der Waals surface area contributed by atoms with E-state index in [1.54, 1.807) is 0 Å². The second-order valence-corrected chi connectivity index (χ2v) is 9.00. The van der Waals surface area contributed by atoms with Crippen LogP contribution in [-0.2, 0) is 14.3 Å². The summed E-state index contributed by atoms with van der Waals surface area (Å²) in [5.41, 5.74) is -0.450. The fraction of sp³-hybridized carbons (Fsp3) is 0.667. The highest BCUT2D eigenvalue weighted by Crippen LogP contribution is 2.29. The van der Waals surface area contributed by atoms with Gasteiger partial charge in [-0.3, -0.25) is 9.59 Å². The van der Waals surface area contributed by atoms with Gasteiger partial charge in [-0.05, 0) is 33.6 Å². The minimum Gasteiger partial charge on any atom is -0.460 e. The number of halogens is 5. The molecule has 0 aliphatic rings. The average Bonchev–Trinajstić information content (AvgIpc) is 2.73. The first-order valence-electron chi connectivity index (χ1n) is 11.4. The first-order chi connectivity index (χ1) is 15.4. The van der Waals surface area contributed by atoms with Crippen molar-refractivity contribution in [2.45, 2.75) is 103 Å². The summed E-state index contributed by atoms with van der Waals surface area (Å²) < 4.78 is 75.8. The van der Waals surface area contributed by atoms with Crippen LogP contribution in [0.2, 0.25) is 0 Å². The molecule has 0 fully saturated rings. The number of rotatable bonds is 14. The van der Waals surface area contributed by atoms with Gasteiger partial charge in [0.1, 0.15) is 5.60 Å². The number of hydrogen-bond acceptors (Lipinski definition) is 4. The molecular formula is C24H33F5O4. The molecule has 0 aromatic heterocycles. The predicted octanol–water partition coefficient (Wildman–Crippen LogP) is 7.31. The van der Waals surface area contributed by atoms with Crippen molar-refractivity contribution in [1.82, 2.24) is 0 Å². The summed E-state index contributed by atoms with van der Waals surface area (Å²) in [5, 5.41) is 0. The molecule has 4 nitrogen and oxygen atoms in total. The van der Waals surface area contributed by atoms with Crippen molar-refractivity contribution in [2.75, 3.05) is 0 Å². The van der Waals surface area contributed by atoms with Crippen molar-refractivity contribution in [2.24, 2.45) is 0 Å². The minimum atomic E-state index is -2.30. The van der Waals surface area contributed by atoms with Crippen molar-refractivity contribution in [3.63, 3.8) is 0 Å². The van der Waals surface area contributed by atoms with Gasteiger partial charge in [0.05, 0.1) is 0 Å². The standard InChI is InChI=1S/C24H33F5O4/c1-24(2,3)33-17(31)15-13-11-9-7-5-4-6-8-10-12-14-16(30)32-23-21(28)19(26)18(25)20(27)22(23)29/h4-15H2,1-3H3. The zero-order chi connectivity index (χ0) is 25.0. The number of carbonyl (C=O) groups excluding carboxylic acids is 2. The molecule has 9 heteroatoms. The summed E-state index contributed by atoms with van der Waals surface area (Å²) in [6, 6.07) is 0. The first kappa shape index (κ1) is 28.8. The van der Waals surface area contributed by atoms with Gasteiger partial charge in [0.15, 0.2) is 0 Å². The number of unbranched alkanes of at least 4 members (excludes halogenated alkanes) is 9. The summed E-state index contributed by atoms with van der Waals surface area (Å²) in [6.07, 6.45) is 9.15. The molecule has 33 heavy (non-hydrogen) atoms. The van der Waals surface area contributed by atoms with Crippen LogP contribution in [0.1, 0.15) is 97.8 Å². The Hall–Kier alpha value is -2.19. The van der Waals surface area contributed by atoms with Crippen LogP contribution in [0.5, 0.6) is 5.75 Å². The van der Waals surface area contributed by atoms with Crippen LogP contribution in [0.25, 0.3) is 0 Å². The van der Waals surface area contributed by atoms with Gasteiger partial charge in [0.2, 0.25) is 34.8 Å². The molecule has 0 aliphatic carbocycles. The summed E-state index contributed by atoms with van der Waals surface area (Å²) in [4.78, 5) is 23.3. The zero-order valence-corrected chi connectivity index (χ0v) is 19.5. The van der Waals surface area contributed by atoms with Crippen LogP contribution in [0.4, 0.5) is 22.0 Å². The highest BCUT2D eigenvalue weighted by molar-refractivity contribution is 5.72. The van der Waals surface area contributed by atoms with Gasteiger partial charge in [-0.25, -0.2) is 13.2 Å². The fourth-order valence-electron chi connectivity index (χ4n) is 3.18. The van der Waals surface area contributed by atoms with Crippen LogP contribution in [0, 0.1) is 29.1 Å². The van der Waals surface area contributed by atoms with Crippen LogP contribution in [0.3, 0.4) is 0 Å². The second kappa shape index (κ2) is 14.2. The summed E-state index contributed by atoms with van der Waals surface area (Å²) in [7, 11) is 0. The molecule has 0 spiro atoms. The molecule has 1 rings (SSSR count). The van der Waals surface area contributed by atoms with Crippen molar-refractivity contribution >= 4 is 11.9 Å². The highest BCUT2D eigenvalue weighted by atomic mass is 19.2. The summed E-state index contributed by atoms with van der Waals surface area (Å²) in [5.74, 6) is -13.7. The molecule has 0 saturated carbocycles. The molecule has 0 radical (unpaired) electrons. The Morgan fingerprint density at radius 1 is 0.576 bits per heavy atom. The Morgan fingerprint density at radius 2 is 0.909 bits per heavy atom. The number of ether oxygens (including phenoxy) is 2. The van der Waals surface area contributed by atoms with Gasteiger partial charge in [0, 0.05) is 12.8 Å². The lowest BCUT2D eigenvalue weighted by Gasteiger charge is -2.19. The van der Waals surface area contributed by atoms with Gasteiger partial charge >= 0.3 is 11.9 Å². The Balaban J connectivity index is 2.07. The summed E-state index contributed by atoms with van der Waals surface area (Å²) in [6.45, 7) is 5.53. The molecule has 0 atom stereocenters. The quantitative estimate of drug-likeness (QED) is 0.0700. The van der Waals surface area contributed by atoms with Gasteiger partial charge in [-0.2, -0.15) is 8.78 Å². The minimum absolute atomic E-state index is 0.168. The molecule has 0 bridgehead atoms. The normalized spacial score (nSPS) is 11.5. The van der Waals surface area contributed by atoms with Crippen LogP contribution in [-0.4, -0.2) is 17.5 Å². The Bertz CT molecular complexity index is 761. The van der Waals surface area contributed by atoms with Crippen molar-refractivity contribution < 1.29 is 41.0 Å². The van der Waals surface area contributed by atoms with E-state index in [1.807, 2.05) is 20.8 Å². The molecule has 0 amide bonds. The van der Waals surface area contributed by atoms with Crippen LogP contribution < -0.4 is 4.74 Å². The third-order valence-electron chi connectivity index (χ3n) is 4.82. The van der Waals surface area contributed by atoms with E-state index < -0.39 is 46.4 Å². The van der Waals surface area contributed by atoms with Gasteiger partial charge in [-0.1, -0.05) is 51.4 Å². The van der Waals surface area contributed by atoms with Crippen molar-refractivity contribution in [3.05, 3.63) is 29.1 Å². The topological polar surface area (TPSA) is 52.6 Å². The third kappa shape index (κ3) is 11.0. The molecule has 0 heterocycles. The molecule has 0 N–H and O–H groups in total. The third-order valence-corrected chi connectivity index (χ3v) is 4.82. The largest absolute Gasteiger partial charge is 0.460 e. The molecule has 1 aromatic rings. The Morgan fingerprint density at radius 3 is 1.30 bits per heavy atom. The van der Waals surface area contributed by atoms with E-state index >= 15 is 0 Å². The van der Waals surface area contributed by atoms with Gasteiger partial charge in [0.25, 0.3) is 0 Å². The Kier molecular flexibility index (Phi) is 12.4. The monoisotopic (exact) mass is 480 g/mol. The summed E-state index contributed by atoms with van der Waals surface area (Å²) >= 11 is 0. The number of esters is 2. The lowest BCUT2D eigenvalue weighted by molar-refractivity contribution is -0.155. The SMILES string of the molecule is CC(C)(C)OC(=O)CCCCCCCCCCCCC(=O)Oc1c(F)c(F)c(F)c(F)c1F. The maximum absolute atomic E-state index is 13.5. The first-order valence-corrected chi connectivity index (χ1v) is 11.4. The lowest BCUT2D eigenvalue weighted by Crippen LogP contribution is -2.23. The molecule has 0 aliphatic heterocycles. The van der Waals surface area contributed by atoms with Crippen molar-refractivity contribution in [1.29, 1.82) is 0 Å².